The number of sulfonamides is 1. The first kappa shape index (κ1) is 15.2. The molecule has 1 aliphatic heterocycles. The summed E-state index contributed by atoms with van der Waals surface area (Å²) < 4.78 is 35.9. The molecular weight excluding hydrogens is 306 g/mol. The summed E-state index contributed by atoms with van der Waals surface area (Å²) in [5.41, 5.74) is 0. The Balaban J connectivity index is 1.95. The lowest BCUT2D eigenvalue weighted by molar-refractivity contribution is 0.135. The molecule has 9 heteroatoms. The summed E-state index contributed by atoms with van der Waals surface area (Å²) in [5, 5.41) is 0.0613. The van der Waals surface area contributed by atoms with Gasteiger partial charge in [0, 0.05) is 51.8 Å². The summed E-state index contributed by atoms with van der Waals surface area (Å²) in [7, 11) is -0.277. The van der Waals surface area contributed by atoms with Crippen LogP contribution in [-0.4, -0.2) is 52.1 Å². The molecule has 0 aliphatic carbocycles. The van der Waals surface area contributed by atoms with Crippen LogP contribution < -0.4 is 0 Å². The van der Waals surface area contributed by atoms with E-state index in [1.54, 1.807) is 24.9 Å². The number of hydrogen-bond donors (Lipinski definition) is 0. The number of ether oxygens (including phenoxy) is 1. The van der Waals surface area contributed by atoms with Crippen LogP contribution in [0.15, 0.2) is 29.9 Å². The highest BCUT2D eigenvalue weighted by Gasteiger charge is 2.32. The Morgan fingerprint density at radius 2 is 2.18 bits per heavy atom. The van der Waals surface area contributed by atoms with Crippen molar-refractivity contribution in [2.75, 3.05) is 20.3 Å². The molecule has 1 aliphatic rings. The SMILES string of the molecule is COC[C@@H]1CN(S(=O)(=O)c2cn(C)cn2)Cc2nccn2C1. The van der Waals surface area contributed by atoms with E-state index >= 15 is 0 Å². The third-order valence-corrected chi connectivity index (χ3v) is 5.42. The molecule has 22 heavy (non-hydrogen) atoms. The Labute approximate surface area is 129 Å². The number of imidazole rings is 2. The van der Waals surface area contributed by atoms with E-state index < -0.39 is 10.0 Å². The highest BCUT2D eigenvalue weighted by atomic mass is 32.2. The van der Waals surface area contributed by atoms with Crippen molar-refractivity contribution in [3.63, 3.8) is 0 Å². The van der Waals surface area contributed by atoms with E-state index in [0.717, 1.165) is 5.82 Å². The Kier molecular flexibility index (Phi) is 4.02. The molecule has 0 saturated heterocycles. The number of methoxy groups -OCH3 is 1. The van der Waals surface area contributed by atoms with Crippen molar-refractivity contribution in [1.29, 1.82) is 0 Å². The molecule has 0 aromatic carbocycles. The normalized spacial score (nSPS) is 19.8. The third-order valence-electron chi connectivity index (χ3n) is 3.72. The largest absolute Gasteiger partial charge is 0.384 e. The van der Waals surface area contributed by atoms with Crippen molar-refractivity contribution in [1.82, 2.24) is 23.4 Å². The summed E-state index contributed by atoms with van der Waals surface area (Å²) in [6.07, 6.45) is 6.56. The second kappa shape index (κ2) is 5.82. The van der Waals surface area contributed by atoms with Crippen molar-refractivity contribution < 1.29 is 13.2 Å². The van der Waals surface area contributed by atoms with E-state index in [9.17, 15) is 8.42 Å². The second-order valence-corrected chi connectivity index (χ2v) is 7.38. The molecule has 0 fully saturated rings. The topological polar surface area (TPSA) is 82.2 Å². The maximum absolute atomic E-state index is 12.8. The van der Waals surface area contributed by atoms with Crippen LogP contribution in [0.25, 0.3) is 0 Å². The minimum Gasteiger partial charge on any atom is -0.384 e. The summed E-state index contributed by atoms with van der Waals surface area (Å²) in [6, 6.07) is 0. The monoisotopic (exact) mass is 325 g/mol. The van der Waals surface area contributed by atoms with Crippen LogP contribution in [0, 0.1) is 5.92 Å². The van der Waals surface area contributed by atoms with E-state index in [1.165, 1.54) is 16.8 Å². The summed E-state index contributed by atoms with van der Waals surface area (Å²) in [6.45, 7) is 1.81. The quantitative estimate of drug-likeness (QED) is 0.795. The van der Waals surface area contributed by atoms with Gasteiger partial charge in [-0.15, -0.1) is 0 Å². The van der Waals surface area contributed by atoms with E-state index in [-0.39, 0.29) is 17.5 Å². The fourth-order valence-electron chi connectivity index (χ4n) is 2.68. The van der Waals surface area contributed by atoms with Gasteiger partial charge in [0.15, 0.2) is 5.03 Å². The molecule has 0 unspecified atom stereocenters. The van der Waals surface area contributed by atoms with E-state index in [4.69, 9.17) is 4.74 Å². The van der Waals surface area contributed by atoms with Crippen LogP contribution in [0.4, 0.5) is 0 Å². The maximum Gasteiger partial charge on any atom is 0.262 e. The van der Waals surface area contributed by atoms with Crippen LogP contribution in [0.3, 0.4) is 0 Å². The van der Waals surface area contributed by atoms with Crippen molar-refractivity contribution in [2.45, 2.75) is 18.1 Å². The maximum atomic E-state index is 12.8. The highest BCUT2D eigenvalue weighted by Crippen LogP contribution is 2.22. The molecule has 120 valence electrons. The zero-order valence-corrected chi connectivity index (χ0v) is 13.4. The molecule has 0 spiro atoms. The van der Waals surface area contributed by atoms with E-state index in [0.29, 0.717) is 19.7 Å². The van der Waals surface area contributed by atoms with E-state index in [1.807, 2.05) is 10.8 Å². The van der Waals surface area contributed by atoms with Gasteiger partial charge in [0.2, 0.25) is 0 Å². The summed E-state index contributed by atoms with van der Waals surface area (Å²) in [5.74, 6) is 0.803. The number of aromatic nitrogens is 4. The van der Waals surface area contributed by atoms with Gasteiger partial charge in [-0.1, -0.05) is 0 Å². The van der Waals surface area contributed by atoms with Gasteiger partial charge in [-0.25, -0.2) is 18.4 Å². The van der Waals surface area contributed by atoms with Crippen molar-refractivity contribution in [2.24, 2.45) is 13.0 Å². The van der Waals surface area contributed by atoms with Crippen molar-refractivity contribution >= 4 is 10.0 Å². The summed E-state index contributed by atoms with van der Waals surface area (Å²) >= 11 is 0. The van der Waals surface area contributed by atoms with Gasteiger partial charge in [0.1, 0.15) is 5.82 Å². The Morgan fingerprint density at radius 3 is 2.86 bits per heavy atom. The molecule has 2 aromatic heterocycles. The minimum absolute atomic E-state index is 0.0613. The van der Waals surface area contributed by atoms with Gasteiger partial charge >= 0.3 is 0 Å². The standard InChI is InChI=1S/C13H19N5O3S/c1-16-8-13(15-10-16)22(19,20)18-6-11(9-21-2)5-17-4-3-14-12(17)7-18/h3-4,8,10-11H,5-7,9H2,1-2H3/t11-/m0/s1. The predicted octanol–water partition coefficient (Wildman–Crippen LogP) is 0.0837. The molecule has 8 nitrogen and oxygen atoms in total. The molecule has 1 atom stereocenters. The minimum atomic E-state index is -3.64. The predicted molar refractivity (Wildman–Crippen MR) is 78.4 cm³/mol. The first-order valence-electron chi connectivity index (χ1n) is 6.97. The molecule has 0 radical (unpaired) electrons. The Hall–Kier alpha value is -1.71. The highest BCUT2D eigenvalue weighted by molar-refractivity contribution is 7.89. The molecule has 0 N–H and O–H groups in total. The van der Waals surface area contributed by atoms with Gasteiger partial charge in [0.25, 0.3) is 10.0 Å². The zero-order chi connectivity index (χ0) is 15.7. The van der Waals surface area contributed by atoms with Gasteiger partial charge in [-0.05, 0) is 0 Å². The van der Waals surface area contributed by atoms with Crippen LogP contribution in [-0.2, 0) is 34.9 Å². The molecule has 0 bridgehead atoms. The molecule has 3 rings (SSSR count). The molecular formula is C13H19N5O3S. The van der Waals surface area contributed by atoms with Gasteiger partial charge in [-0.3, -0.25) is 0 Å². The van der Waals surface area contributed by atoms with Crippen LogP contribution in [0.2, 0.25) is 0 Å². The number of nitrogens with zero attached hydrogens (tertiary/aromatic N) is 5. The fourth-order valence-corrected chi connectivity index (χ4v) is 4.12. The van der Waals surface area contributed by atoms with Gasteiger partial charge < -0.3 is 13.9 Å². The lowest BCUT2D eigenvalue weighted by Gasteiger charge is -2.22. The average Bonchev–Trinajstić information content (AvgIpc) is 3.05. The fraction of sp³-hybridized carbons (Fsp3) is 0.538. The van der Waals surface area contributed by atoms with Gasteiger partial charge in [-0.2, -0.15) is 4.31 Å². The lowest BCUT2D eigenvalue weighted by atomic mass is 10.1. The molecule has 0 amide bonds. The van der Waals surface area contributed by atoms with E-state index in [2.05, 4.69) is 9.97 Å². The lowest BCUT2D eigenvalue weighted by Crippen LogP contribution is -2.35. The zero-order valence-electron chi connectivity index (χ0n) is 12.6. The number of rotatable bonds is 4. The second-order valence-electron chi connectivity index (χ2n) is 5.49. The van der Waals surface area contributed by atoms with Crippen molar-refractivity contribution in [3.8, 4) is 0 Å². The number of hydrogen-bond acceptors (Lipinski definition) is 5. The smallest absolute Gasteiger partial charge is 0.262 e. The van der Waals surface area contributed by atoms with Crippen molar-refractivity contribution in [3.05, 3.63) is 30.7 Å². The third kappa shape index (κ3) is 2.79. The molecule has 2 aromatic rings. The first-order valence-corrected chi connectivity index (χ1v) is 8.42. The molecule has 0 saturated carbocycles. The van der Waals surface area contributed by atoms with Crippen LogP contribution >= 0.6 is 0 Å². The van der Waals surface area contributed by atoms with Gasteiger partial charge in [0.05, 0.1) is 19.5 Å². The first-order chi connectivity index (χ1) is 10.5. The summed E-state index contributed by atoms with van der Waals surface area (Å²) in [4.78, 5) is 8.25. The number of fused-ring (bicyclic) bond motifs is 1. The Morgan fingerprint density at radius 1 is 1.36 bits per heavy atom. The van der Waals surface area contributed by atoms with Crippen LogP contribution in [0.5, 0.6) is 0 Å². The average molecular weight is 325 g/mol. The number of aryl methyl sites for hydroxylation is 1. The Bertz CT molecular complexity index is 751. The molecule has 3 heterocycles. The van der Waals surface area contributed by atoms with Crippen LogP contribution in [0.1, 0.15) is 5.82 Å².